The molecule has 1 aromatic heterocycles. The van der Waals surface area contributed by atoms with Gasteiger partial charge in [0.2, 0.25) is 5.91 Å². The highest BCUT2D eigenvalue weighted by atomic mass is 19.1. The number of halogens is 2. The summed E-state index contributed by atoms with van der Waals surface area (Å²) < 4.78 is 27.6. The number of pyridine rings is 1. The van der Waals surface area contributed by atoms with Crippen molar-refractivity contribution < 1.29 is 13.6 Å². The first-order valence-corrected chi connectivity index (χ1v) is 11.8. The second-order valence-corrected chi connectivity index (χ2v) is 8.62. The molecule has 1 amide bonds. The average molecular weight is 465 g/mol. The summed E-state index contributed by atoms with van der Waals surface area (Å²) in [6, 6.07) is 15.9. The standard InChI is InChI=1S/C27H30F2N4O/c1-2-24(19-6-3-9-21(28)14-19)33-26(34)16-25(20-7-4-10-22(29)15-20)31-17-23-12-11-18-8-5-13-30-27(18)32-23/h3-4,6-7,9-12,14-15,24-25,31H,2,5,8,13,16-17H2,1H3,(H,30,32)(H,33,34)/t24-,25-/m0/s1. The maximum atomic E-state index is 14.0. The van der Waals surface area contributed by atoms with Crippen LogP contribution in [-0.2, 0) is 17.8 Å². The number of rotatable bonds is 9. The summed E-state index contributed by atoms with van der Waals surface area (Å²) in [5.74, 6) is 0.0213. The maximum absolute atomic E-state index is 14.0. The van der Waals surface area contributed by atoms with Gasteiger partial charge in [0.15, 0.2) is 0 Å². The fraction of sp³-hybridized carbons (Fsp3) is 0.333. The zero-order chi connectivity index (χ0) is 23.9. The van der Waals surface area contributed by atoms with Crippen molar-refractivity contribution in [1.82, 2.24) is 15.6 Å². The van der Waals surface area contributed by atoms with Crippen LogP contribution in [0.5, 0.6) is 0 Å². The Morgan fingerprint density at radius 1 is 1.03 bits per heavy atom. The number of carbonyl (C=O) groups excluding carboxylic acids is 1. The molecule has 7 heteroatoms. The van der Waals surface area contributed by atoms with Crippen molar-refractivity contribution in [3.63, 3.8) is 0 Å². The van der Waals surface area contributed by atoms with Gasteiger partial charge in [0.25, 0.3) is 0 Å². The number of hydrogen-bond donors (Lipinski definition) is 3. The molecule has 2 aromatic carbocycles. The van der Waals surface area contributed by atoms with Crippen molar-refractivity contribution in [3.8, 4) is 0 Å². The lowest BCUT2D eigenvalue weighted by Gasteiger charge is -2.23. The molecule has 2 heterocycles. The molecule has 3 N–H and O–H groups in total. The van der Waals surface area contributed by atoms with E-state index in [2.05, 4.69) is 22.0 Å². The molecule has 1 aliphatic rings. The molecule has 5 nitrogen and oxygen atoms in total. The molecule has 3 aromatic rings. The van der Waals surface area contributed by atoms with Crippen LogP contribution < -0.4 is 16.0 Å². The van der Waals surface area contributed by atoms with Gasteiger partial charge in [-0.25, -0.2) is 13.8 Å². The van der Waals surface area contributed by atoms with E-state index in [0.717, 1.165) is 36.5 Å². The predicted molar refractivity (Wildman–Crippen MR) is 129 cm³/mol. The van der Waals surface area contributed by atoms with Crippen LogP contribution in [0, 0.1) is 11.6 Å². The molecule has 1 aliphatic heterocycles. The number of nitrogens with one attached hydrogen (secondary N) is 3. The summed E-state index contributed by atoms with van der Waals surface area (Å²) in [6.45, 7) is 3.28. The Kier molecular flexibility index (Phi) is 7.85. The molecule has 2 atom stereocenters. The van der Waals surface area contributed by atoms with Gasteiger partial charge in [-0.05, 0) is 66.3 Å². The second-order valence-electron chi connectivity index (χ2n) is 8.62. The third-order valence-corrected chi connectivity index (χ3v) is 6.12. The molecule has 4 rings (SSSR count). The molecule has 0 spiro atoms. The maximum Gasteiger partial charge on any atom is 0.222 e. The molecule has 0 fully saturated rings. The van der Waals surface area contributed by atoms with Crippen LogP contribution in [0.1, 0.15) is 60.7 Å². The summed E-state index contributed by atoms with van der Waals surface area (Å²) in [4.78, 5) is 17.7. The van der Waals surface area contributed by atoms with Gasteiger partial charge < -0.3 is 16.0 Å². The minimum atomic E-state index is -0.411. The molecule has 0 unspecified atom stereocenters. The second kappa shape index (κ2) is 11.2. The van der Waals surface area contributed by atoms with Gasteiger partial charge in [0.05, 0.1) is 11.7 Å². The lowest BCUT2D eigenvalue weighted by atomic mass is 10.0. The van der Waals surface area contributed by atoms with E-state index >= 15 is 0 Å². The van der Waals surface area contributed by atoms with Crippen molar-refractivity contribution in [1.29, 1.82) is 0 Å². The lowest BCUT2D eigenvalue weighted by molar-refractivity contribution is -0.122. The lowest BCUT2D eigenvalue weighted by Crippen LogP contribution is -2.33. The molecule has 178 valence electrons. The Balaban J connectivity index is 1.47. The molecule has 0 saturated carbocycles. The van der Waals surface area contributed by atoms with Gasteiger partial charge in [-0.2, -0.15) is 0 Å². The van der Waals surface area contributed by atoms with E-state index in [1.165, 1.54) is 29.8 Å². The van der Waals surface area contributed by atoms with Gasteiger partial charge >= 0.3 is 0 Å². The first-order chi connectivity index (χ1) is 16.5. The van der Waals surface area contributed by atoms with Crippen LogP contribution in [0.4, 0.5) is 14.6 Å². The number of anilines is 1. The fourth-order valence-electron chi connectivity index (χ4n) is 4.31. The quantitative estimate of drug-likeness (QED) is 0.407. The summed E-state index contributed by atoms with van der Waals surface area (Å²) in [5.41, 5.74) is 3.46. The van der Waals surface area contributed by atoms with Crippen LogP contribution >= 0.6 is 0 Å². The normalized spacial score (nSPS) is 14.6. The Bertz CT molecular complexity index is 1140. The smallest absolute Gasteiger partial charge is 0.222 e. The van der Waals surface area contributed by atoms with E-state index in [4.69, 9.17) is 4.98 Å². The number of benzene rings is 2. The largest absolute Gasteiger partial charge is 0.370 e. The Hall–Kier alpha value is -3.32. The molecule has 0 aliphatic carbocycles. The topological polar surface area (TPSA) is 66.0 Å². The van der Waals surface area contributed by atoms with Crippen molar-refractivity contribution >= 4 is 11.7 Å². The Morgan fingerprint density at radius 3 is 2.41 bits per heavy atom. The molecule has 34 heavy (non-hydrogen) atoms. The van der Waals surface area contributed by atoms with Gasteiger partial charge in [-0.1, -0.05) is 37.3 Å². The Morgan fingerprint density at radius 2 is 1.74 bits per heavy atom. The fourth-order valence-corrected chi connectivity index (χ4v) is 4.31. The third-order valence-electron chi connectivity index (χ3n) is 6.12. The SMILES string of the molecule is CC[C@H](NC(=O)C[C@H](NCc1ccc2c(n1)NCCC2)c1cccc(F)c1)c1cccc(F)c1. The van der Waals surface area contributed by atoms with Crippen molar-refractivity contribution in [2.45, 2.75) is 51.2 Å². The highest BCUT2D eigenvalue weighted by Gasteiger charge is 2.20. The molecule has 0 radical (unpaired) electrons. The summed E-state index contributed by atoms with van der Waals surface area (Å²) in [6.07, 6.45) is 2.84. The summed E-state index contributed by atoms with van der Waals surface area (Å²) in [5, 5.41) is 9.71. The van der Waals surface area contributed by atoms with E-state index in [1.807, 2.05) is 13.0 Å². The first-order valence-electron chi connectivity index (χ1n) is 11.8. The van der Waals surface area contributed by atoms with Crippen LogP contribution in [0.2, 0.25) is 0 Å². The van der Waals surface area contributed by atoms with Crippen LogP contribution in [0.15, 0.2) is 60.7 Å². The van der Waals surface area contributed by atoms with Crippen LogP contribution in [0.25, 0.3) is 0 Å². The van der Waals surface area contributed by atoms with Crippen LogP contribution in [-0.4, -0.2) is 17.4 Å². The molecular weight excluding hydrogens is 434 g/mol. The number of amides is 1. The monoisotopic (exact) mass is 464 g/mol. The van der Waals surface area contributed by atoms with Crippen molar-refractivity contribution in [2.24, 2.45) is 0 Å². The van der Waals surface area contributed by atoms with Gasteiger partial charge in [-0.3, -0.25) is 4.79 Å². The van der Waals surface area contributed by atoms with Gasteiger partial charge in [0.1, 0.15) is 17.5 Å². The highest BCUT2D eigenvalue weighted by Crippen LogP contribution is 2.23. The number of hydrogen-bond acceptors (Lipinski definition) is 4. The number of carbonyl (C=O) groups is 1. The minimum Gasteiger partial charge on any atom is -0.370 e. The zero-order valence-electron chi connectivity index (χ0n) is 19.3. The van der Waals surface area contributed by atoms with Gasteiger partial charge in [0, 0.05) is 25.6 Å². The first kappa shape index (κ1) is 23.8. The number of aryl methyl sites for hydroxylation is 1. The summed E-state index contributed by atoms with van der Waals surface area (Å²) >= 11 is 0. The van der Waals surface area contributed by atoms with E-state index in [1.54, 1.807) is 24.3 Å². The average Bonchev–Trinajstić information content (AvgIpc) is 2.85. The van der Waals surface area contributed by atoms with Crippen molar-refractivity contribution in [2.75, 3.05) is 11.9 Å². The van der Waals surface area contributed by atoms with E-state index in [9.17, 15) is 13.6 Å². The molecule has 0 saturated heterocycles. The molecule has 0 bridgehead atoms. The van der Waals surface area contributed by atoms with E-state index in [-0.39, 0.29) is 30.0 Å². The Labute approximate surface area is 199 Å². The number of aromatic nitrogens is 1. The highest BCUT2D eigenvalue weighted by molar-refractivity contribution is 5.77. The van der Waals surface area contributed by atoms with Crippen LogP contribution in [0.3, 0.4) is 0 Å². The van der Waals surface area contributed by atoms with E-state index in [0.29, 0.717) is 18.5 Å². The minimum absolute atomic E-state index is 0.110. The van der Waals surface area contributed by atoms with Crippen molar-refractivity contribution in [3.05, 3.63) is 94.7 Å². The summed E-state index contributed by atoms with van der Waals surface area (Å²) in [7, 11) is 0. The predicted octanol–water partition coefficient (Wildman–Crippen LogP) is 5.21. The molecular formula is C27H30F2N4O. The van der Waals surface area contributed by atoms with E-state index < -0.39 is 6.04 Å². The third kappa shape index (κ3) is 6.17. The van der Waals surface area contributed by atoms with Gasteiger partial charge in [-0.15, -0.1) is 0 Å². The number of fused-ring (bicyclic) bond motifs is 1. The number of nitrogens with zero attached hydrogens (tertiary/aromatic N) is 1. The zero-order valence-corrected chi connectivity index (χ0v) is 19.3.